The van der Waals surface area contributed by atoms with Gasteiger partial charge >= 0.3 is 0 Å². The number of sulfonamides is 1. The van der Waals surface area contributed by atoms with Crippen molar-refractivity contribution in [2.24, 2.45) is 0 Å². The van der Waals surface area contributed by atoms with Crippen LogP contribution in [0, 0.1) is 10.1 Å². The highest BCUT2D eigenvalue weighted by molar-refractivity contribution is 9.11. The van der Waals surface area contributed by atoms with Crippen molar-refractivity contribution in [1.82, 2.24) is 4.72 Å². The molecule has 6 nitrogen and oxygen atoms in total. The molecule has 0 radical (unpaired) electrons. The van der Waals surface area contributed by atoms with Gasteiger partial charge in [0, 0.05) is 23.2 Å². The molecular formula is C9H8BrClN2O4S. The molecular weight excluding hydrogens is 348 g/mol. The largest absolute Gasteiger partial charge is 0.270 e. The van der Waals surface area contributed by atoms with Gasteiger partial charge in [-0.1, -0.05) is 34.1 Å². The van der Waals surface area contributed by atoms with Crippen LogP contribution in [0.1, 0.15) is 0 Å². The molecule has 0 amide bonds. The minimum atomic E-state index is -3.92. The van der Waals surface area contributed by atoms with Gasteiger partial charge in [0.1, 0.15) is 4.90 Å². The maximum atomic E-state index is 11.9. The second-order valence-corrected chi connectivity index (χ2v) is 6.48. The van der Waals surface area contributed by atoms with E-state index >= 15 is 0 Å². The zero-order chi connectivity index (χ0) is 13.9. The first kappa shape index (κ1) is 15.1. The number of halogens is 2. The lowest BCUT2D eigenvalue weighted by molar-refractivity contribution is -0.385. The maximum absolute atomic E-state index is 11.9. The average Bonchev–Trinajstić information content (AvgIpc) is 2.26. The van der Waals surface area contributed by atoms with Crippen molar-refractivity contribution >= 4 is 43.2 Å². The lowest BCUT2D eigenvalue weighted by atomic mass is 10.3. The third kappa shape index (κ3) is 3.77. The maximum Gasteiger partial charge on any atom is 0.270 e. The Morgan fingerprint density at radius 2 is 2.17 bits per heavy atom. The summed E-state index contributed by atoms with van der Waals surface area (Å²) in [6.07, 6.45) is 0. The van der Waals surface area contributed by atoms with Gasteiger partial charge in [-0.05, 0) is 6.07 Å². The van der Waals surface area contributed by atoms with Crippen LogP contribution in [-0.4, -0.2) is 19.9 Å². The lowest BCUT2D eigenvalue weighted by Crippen LogP contribution is -2.25. The van der Waals surface area contributed by atoms with Crippen LogP contribution < -0.4 is 4.72 Å². The van der Waals surface area contributed by atoms with E-state index in [4.69, 9.17) is 11.6 Å². The molecule has 0 aliphatic carbocycles. The molecule has 9 heteroatoms. The summed E-state index contributed by atoms with van der Waals surface area (Å²) < 4.78 is 26.3. The SMILES string of the molecule is C=C(Br)CNS(=O)(=O)c1cc([N+](=O)[O-])ccc1Cl. The van der Waals surface area contributed by atoms with Crippen molar-refractivity contribution in [1.29, 1.82) is 0 Å². The molecule has 0 fully saturated rings. The van der Waals surface area contributed by atoms with Gasteiger partial charge in [0.15, 0.2) is 0 Å². The minimum absolute atomic E-state index is 0.0403. The van der Waals surface area contributed by atoms with Crippen LogP contribution in [0.2, 0.25) is 5.02 Å². The Hall–Kier alpha value is -0.960. The molecule has 1 N–H and O–H groups in total. The smallest absolute Gasteiger partial charge is 0.258 e. The highest BCUT2D eigenvalue weighted by atomic mass is 79.9. The van der Waals surface area contributed by atoms with E-state index in [0.717, 1.165) is 18.2 Å². The van der Waals surface area contributed by atoms with Crippen molar-refractivity contribution in [3.05, 3.63) is 44.4 Å². The van der Waals surface area contributed by atoms with Gasteiger partial charge in [-0.15, -0.1) is 0 Å². The molecule has 0 aliphatic heterocycles. The first-order chi connectivity index (χ1) is 8.24. The Morgan fingerprint density at radius 1 is 1.56 bits per heavy atom. The van der Waals surface area contributed by atoms with Crippen LogP contribution in [0.5, 0.6) is 0 Å². The number of nitro groups is 1. The second kappa shape index (κ2) is 5.79. The summed E-state index contributed by atoms with van der Waals surface area (Å²) in [6, 6.07) is 3.20. The van der Waals surface area contributed by atoms with Gasteiger partial charge in [-0.2, -0.15) is 0 Å². The third-order valence-electron chi connectivity index (χ3n) is 1.87. The molecule has 0 aliphatic rings. The summed E-state index contributed by atoms with van der Waals surface area (Å²) in [4.78, 5) is 9.55. The van der Waals surface area contributed by atoms with Crippen LogP contribution >= 0.6 is 27.5 Å². The quantitative estimate of drug-likeness (QED) is 0.649. The van der Waals surface area contributed by atoms with Crippen molar-refractivity contribution in [3.63, 3.8) is 0 Å². The topological polar surface area (TPSA) is 89.3 Å². The van der Waals surface area contributed by atoms with Gasteiger partial charge in [0.25, 0.3) is 5.69 Å². The number of nitrogens with one attached hydrogen (secondary N) is 1. The highest BCUT2D eigenvalue weighted by Gasteiger charge is 2.21. The molecule has 0 spiro atoms. The second-order valence-electron chi connectivity index (χ2n) is 3.21. The molecule has 0 aromatic heterocycles. The average molecular weight is 356 g/mol. The molecule has 1 rings (SSSR count). The third-order valence-corrected chi connectivity index (χ3v) is 4.03. The number of rotatable bonds is 5. The molecule has 1 aromatic carbocycles. The van der Waals surface area contributed by atoms with E-state index in [0.29, 0.717) is 4.48 Å². The summed E-state index contributed by atoms with van der Waals surface area (Å²) in [5.74, 6) is 0. The van der Waals surface area contributed by atoms with Crippen LogP contribution in [0.4, 0.5) is 5.69 Å². The number of hydrogen-bond donors (Lipinski definition) is 1. The summed E-state index contributed by atoms with van der Waals surface area (Å²) in [5, 5.41) is 10.5. The first-order valence-electron chi connectivity index (χ1n) is 4.51. The molecule has 98 valence electrons. The molecule has 18 heavy (non-hydrogen) atoms. The number of benzene rings is 1. The number of hydrogen-bond acceptors (Lipinski definition) is 4. The number of non-ortho nitro benzene ring substituents is 1. The standard InChI is InChI=1S/C9H8BrClN2O4S/c1-6(10)5-12-18(16,17)9-4-7(13(14)15)2-3-8(9)11/h2-4,12H,1,5H2. The molecule has 0 bridgehead atoms. The summed E-state index contributed by atoms with van der Waals surface area (Å²) in [5.41, 5.74) is -0.350. The van der Waals surface area contributed by atoms with E-state index in [-0.39, 0.29) is 22.2 Å². The van der Waals surface area contributed by atoms with Crippen molar-refractivity contribution in [3.8, 4) is 0 Å². The van der Waals surface area contributed by atoms with Crippen molar-refractivity contribution in [2.75, 3.05) is 6.54 Å². The Bertz CT molecular complexity index is 603. The number of nitro benzene ring substituents is 1. The fourth-order valence-corrected chi connectivity index (χ4v) is 2.93. The fraction of sp³-hybridized carbons (Fsp3) is 0.111. The van der Waals surface area contributed by atoms with Crippen LogP contribution in [-0.2, 0) is 10.0 Å². The van der Waals surface area contributed by atoms with Gasteiger partial charge in [-0.25, -0.2) is 13.1 Å². The molecule has 0 saturated heterocycles. The van der Waals surface area contributed by atoms with Gasteiger partial charge in [-0.3, -0.25) is 10.1 Å². The van der Waals surface area contributed by atoms with Crippen molar-refractivity contribution in [2.45, 2.75) is 4.90 Å². The van der Waals surface area contributed by atoms with E-state index < -0.39 is 14.9 Å². The normalized spacial score (nSPS) is 11.2. The predicted octanol–water partition coefficient (Wildman–Crippen LogP) is 2.44. The zero-order valence-corrected chi connectivity index (χ0v) is 12.0. The van der Waals surface area contributed by atoms with Crippen molar-refractivity contribution < 1.29 is 13.3 Å². The van der Waals surface area contributed by atoms with Crippen LogP contribution in [0.3, 0.4) is 0 Å². The van der Waals surface area contributed by atoms with Crippen LogP contribution in [0.15, 0.2) is 34.2 Å². The van der Waals surface area contributed by atoms with E-state index in [1.165, 1.54) is 0 Å². The molecule has 1 aromatic rings. The summed E-state index contributed by atoms with van der Waals surface area (Å²) in [6.45, 7) is 3.43. The van der Waals surface area contributed by atoms with Crippen LogP contribution in [0.25, 0.3) is 0 Å². The highest BCUT2D eigenvalue weighted by Crippen LogP contribution is 2.26. The summed E-state index contributed by atoms with van der Waals surface area (Å²) in [7, 11) is -3.92. The molecule has 0 atom stereocenters. The van der Waals surface area contributed by atoms with Gasteiger partial charge < -0.3 is 0 Å². The Balaban J connectivity index is 3.18. The Labute approximate surface area is 117 Å². The molecule has 0 saturated carbocycles. The number of nitrogens with zero attached hydrogens (tertiary/aromatic N) is 1. The van der Waals surface area contributed by atoms with E-state index in [9.17, 15) is 18.5 Å². The first-order valence-corrected chi connectivity index (χ1v) is 7.16. The predicted molar refractivity (Wildman–Crippen MR) is 71.4 cm³/mol. The molecule has 0 unspecified atom stereocenters. The van der Waals surface area contributed by atoms with E-state index in [1.807, 2.05) is 0 Å². The van der Waals surface area contributed by atoms with Gasteiger partial charge in [0.2, 0.25) is 10.0 Å². The van der Waals surface area contributed by atoms with E-state index in [2.05, 4.69) is 27.2 Å². The molecule has 0 heterocycles. The zero-order valence-electron chi connectivity index (χ0n) is 8.89. The Morgan fingerprint density at radius 3 is 2.67 bits per heavy atom. The summed E-state index contributed by atoms with van der Waals surface area (Å²) >= 11 is 8.72. The monoisotopic (exact) mass is 354 g/mol. The Kier molecular flexibility index (Phi) is 4.85. The van der Waals surface area contributed by atoms with Gasteiger partial charge in [0.05, 0.1) is 9.95 Å². The lowest BCUT2D eigenvalue weighted by Gasteiger charge is -2.07. The van der Waals surface area contributed by atoms with E-state index in [1.54, 1.807) is 0 Å². The fourth-order valence-electron chi connectivity index (χ4n) is 1.06. The minimum Gasteiger partial charge on any atom is -0.258 e.